The third-order valence-corrected chi connectivity index (χ3v) is 5.22. The molecule has 0 spiro atoms. The molecule has 0 fully saturated rings. The molecule has 27 heavy (non-hydrogen) atoms. The van der Waals surface area contributed by atoms with Gasteiger partial charge in [-0.2, -0.15) is 0 Å². The highest BCUT2D eigenvalue weighted by molar-refractivity contribution is 7.99. The van der Waals surface area contributed by atoms with Crippen LogP contribution in [0.4, 0.5) is 5.69 Å². The highest BCUT2D eigenvalue weighted by Crippen LogP contribution is 2.30. The van der Waals surface area contributed by atoms with Crippen LogP contribution in [0.2, 0.25) is 0 Å². The number of nitrogens with zero attached hydrogens (tertiary/aromatic N) is 2. The summed E-state index contributed by atoms with van der Waals surface area (Å²) in [6.45, 7) is 4.03. The Bertz CT molecular complexity index is 1020. The van der Waals surface area contributed by atoms with Gasteiger partial charge in [0, 0.05) is 17.7 Å². The average molecular weight is 376 g/mol. The van der Waals surface area contributed by atoms with Crippen LogP contribution in [-0.2, 0) is 11.2 Å². The van der Waals surface area contributed by atoms with Crippen molar-refractivity contribution in [3.63, 3.8) is 0 Å². The fraction of sp³-hybridized carbons (Fsp3) is 0.190. The number of aromatic amines is 1. The minimum Gasteiger partial charge on any atom is -0.325 e. The monoisotopic (exact) mass is 376 g/mol. The summed E-state index contributed by atoms with van der Waals surface area (Å²) < 4.78 is 0. The van der Waals surface area contributed by atoms with Crippen molar-refractivity contribution < 1.29 is 4.79 Å². The van der Waals surface area contributed by atoms with Crippen LogP contribution in [0.1, 0.15) is 28.1 Å². The van der Waals surface area contributed by atoms with Crippen molar-refractivity contribution in [3.05, 3.63) is 70.5 Å². The molecule has 1 aliphatic rings. The Morgan fingerprint density at radius 1 is 1.19 bits per heavy atom. The second kappa shape index (κ2) is 7.40. The van der Waals surface area contributed by atoms with Gasteiger partial charge >= 0.3 is 0 Å². The lowest BCUT2D eigenvalue weighted by atomic mass is 10.1. The Morgan fingerprint density at radius 2 is 1.96 bits per heavy atom. The zero-order valence-corrected chi connectivity index (χ0v) is 16.1. The van der Waals surface area contributed by atoms with Crippen molar-refractivity contribution in [2.45, 2.75) is 25.4 Å². The Kier molecular flexibility index (Phi) is 4.81. The average Bonchev–Trinajstić information content (AvgIpc) is 3.25. The molecule has 2 aromatic carbocycles. The number of carbonyl (C=O) groups excluding carboxylic acids is 1. The van der Waals surface area contributed by atoms with E-state index in [1.807, 2.05) is 38.1 Å². The minimum absolute atomic E-state index is 0.0659. The second-order valence-corrected chi connectivity index (χ2v) is 7.67. The highest BCUT2D eigenvalue weighted by Gasteiger charge is 2.17. The molecule has 5 nitrogen and oxygen atoms in total. The van der Waals surface area contributed by atoms with E-state index in [1.54, 1.807) is 0 Å². The van der Waals surface area contributed by atoms with Crippen LogP contribution in [0.25, 0.3) is 11.6 Å². The third kappa shape index (κ3) is 4.11. The Hall–Kier alpha value is -2.86. The molecular weight excluding hydrogens is 356 g/mol. The molecule has 2 N–H and O–H groups in total. The number of aryl methyl sites for hydroxylation is 2. The standard InChI is InChI=1S/C21H20N4OS/c1-13-7-14(2)9-18(8-13)22-19(26)12-27-21-23-20(24-25-21)17-10-15-5-3-4-6-16(15)11-17/h3-10H,11-12H2,1-2H3,(H,22,26)(H,23,24,25). The molecule has 1 heterocycles. The summed E-state index contributed by atoms with van der Waals surface area (Å²) in [5.74, 6) is 0.969. The van der Waals surface area contributed by atoms with E-state index in [1.165, 1.54) is 22.9 Å². The van der Waals surface area contributed by atoms with E-state index >= 15 is 0 Å². The number of benzene rings is 2. The number of amides is 1. The molecule has 0 atom stereocenters. The quantitative estimate of drug-likeness (QED) is 0.653. The van der Waals surface area contributed by atoms with Gasteiger partial charge in [0.2, 0.25) is 11.1 Å². The highest BCUT2D eigenvalue weighted by atomic mass is 32.2. The minimum atomic E-state index is -0.0659. The molecular formula is C21H20N4OS. The van der Waals surface area contributed by atoms with E-state index in [-0.39, 0.29) is 11.7 Å². The van der Waals surface area contributed by atoms with Gasteiger partial charge in [0.25, 0.3) is 0 Å². The zero-order chi connectivity index (χ0) is 18.8. The molecule has 1 amide bonds. The fourth-order valence-corrected chi connectivity index (χ4v) is 3.86. The maximum atomic E-state index is 12.2. The predicted molar refractivity (Wildman–Crippen MR) is 110 cm³/mol. The van der Waals surface area contributed by atoms with Crippen molar-refractivity contribution in [2.24, 2.45) is 0 Å². The number of hydrogen-bond donors (Lipinski definition) is 2. The van der Waals surface area contributed by atoms with Crippen LogP contribution in [0, 0.1) is 13.8 Å². The van der Waals surface area contributed by atoms with Crippen LogP contribution in [0.5, 0.6) is 0 Å². The second-order valence-electron chi connectivity index (χ2n) is 6.72. The molecule has 1 aliphatic carbocycles. The number of allylic oxidation sites excluding steroid dienone is 1. The predicted octanol–water partition coefficient (Wildman–Crippen LogP) is 4.25. The zero-order valence-electron chi connectivity index (χ0n) is 15.2. The summed E-state index contributed by atoms with van der Waals surface area (Å²) in [7, 11) is 0. The lowest BCUT2D eigenvalue weighted by Crippen LogP contribution is -2.14. The number of nitrogens with one attached hydrogen (secondary N) is 2. The van der Waals surface area contributed by atoms with Crippen molar-refractivity contribution in [2.75, 3.05) is 11.1 Å². The number of thioether (sulfide) groups is 1. The van der Waals surface area contributed by atoms with Crippen molar-refractivity contribution in [3.8, 4) is 0 Å². The van der Waals surface area contributed by atoms with E-state index in [9.17, 15) is 4.79 Å². The number of anilines is 1. The van der Waals surface area contributed by atoms with Gasteiger partial charge in [-0.15, -0.1) is 5.10 Å². The summed E-state index contributed by atoms with van der Waals surface area (Å²) in [5.41, 5.74) is 6.72. The number of hydrogen-bond acceptors (Lipinski definition) is 4. The summed E-state index contributed by atoms with van der Waals surface area (Å²) in [4.78, 5) is 16.7. The lowest BCUT2D eigenvalue weighted by Gasteiger charge is -2.06. The first-order valence-electron chi connectivity index (χ1n) is 8.79. The largest absolute Gasteiger partial charge is 0.325 e. The fourth-order valence-electron chi connectivity index (χ4n) is 3.26. The maximum Gasteiger partial charge on any atom is 0.234 e. The molecule has 6 heteroatoms. The summed E-state index contributed by atoms with van der Waals surface area (Å²) in [6, 6.07) is 14.3. The molecule has 136 valence electrons. The number of aromatic nitrogens is 3. The van der Waals surface area contributed by atoms with Crippen LogP contribution < -0.4 is 5.32 Å². The first-order chi connectivity index (χ1) is 13.1. The molecule has 0 unspecified atom stereocenters. The Balaban J connectivity index is 1.35. The third-order valence-electron chi connectivity index (χ3n) is 4.37. The summed E-state index contributed by atoms with van der Waals surface area (Å²) in [6.07, 6.45) is 2.99. The molecule has 0 radical (unpaired) electrons. The first kappa shape index (κ1) is 17.5. The smallest absolute Gasteiger partial charge is 0.234 e. The molecule has 0 bridgehead atoms. The normalized spacial score (nSPS) is 12.6. The molecule has 3 aromatic rings. The summed E-state index contributed by atoms with van der Waals surface area (Å²) in [5, 5.41) is 10.7. The van der Waals surface area contributed by atoms with Crippen molar-refractivity contribution in [1.82, 2.24) is 15.2 Å². The number of rotatable bonds is 5. The summed E-state index contributed by atoms with van der Waals surface area (Å²) >= 11 is 1.33. The van der Waals surface area contributed by atoms with Crippen LogP contribution in [-0.4, -0.2) is 26.8 Å². The topological polar surface area (TPSA) is 70.7 Å². The van der Waals surface area contributed by atoms with Crippen molar-refractivity contribution in [1.29, 1.82) is 0 Å². The van der Waals surface area contributed by atoms with Gasteiger partial charge in [-0.1, -0.05) is 42.1 Å². The first-order valence-corrected chi connectivity index (χ1v) is 9.77. The van der Waals surface area contributed by atoms with E-state index < -0.39 is 0 Å². The van der Waals surface area contributed by atoms with Crippen LogP contribution >= 0.6 is 11.8 Å². The van der Waals surface area contributed by atoms with E-state index in [0.29, 0.717) is 5.16 Å². The molecule has 0 saturated heterocycles. The van der Waals surface area contributed by atoms with Gasteiger partial charge in [0.15, 0.2) is 5.82 Å². The van der Waals surface area contributed by atoms with E-state index in [2.05, 4.69) is 44.8 Å². The van der Waals surface area contributed by atoms with Crippen LogP contribution in [0.15, 0.2) is 47.6 Å². The van der Waals surface area contributed by atoms with Gasteiger partial charge in [0.05, 0.1) is 5.75 Å². The van der Waals surface area contributed by atoms with Crippen LogP contribution in [0.3, 0.4) is 0 Å². The lowest BCUT2D eigenvalue weighted by molar-refractivity contribution is -0.113. The molecule has 4 rings (SSSR count). The Morgan fingerprint density at radius 3 is 2.74 bits per heavy atom. The molecule has 0 aliphatic heterocycles. The van der Waals surface area contributed by atoms with Gasteiger partial charge < -0.3 is 5.32 Å². The number of fused-ring (bicyclic) bond motifs is 1. The van der Waals surface area contributed by atoms with Gasteiger partial charge in [0.1, 0.15) is 0 Å². The van der Waals surface area contributed by atoms with Gasteiger partial charge in [-0.25, -0.2) is 4.98 Å². The molecule has 1 aromatic heterocycles. The van der Waals surface area contributed by atoms with Gasteiger partial charge in [-0.3, -0.25) is 9.89 Å². The van der Waals surface area contributed by atoms with Gasteiger partial charge in [-0.05, 0) is 54.3 Å². The van der Waals surface area contributed by atoms with E-state index in [0.717, 1.165) is 34.6 Å². The maximum absolute atomic E-state index is 12.2. The Labute approximate surface area is 162 Å². The number of H-pyrrole nitrogens is 1. The molecule has 0 saturated carbocycles. The van der Waals surface area contributed by atoms with Crippen molar-refractivity contribution >= 4 is 35.0 Å². The SMILES string of the molecule is Cc1cc(C)cc(NC(=O)CSc2n[nH]c(C3=Cc4ccccc4C3)n2)c1. The number of carbonyl (C=O) groups is 1. The van der Waals surface area contributed by atoms with E-state index in [4.69, 9.17) is 0 Å².